The standard InChI is InChI=1S/C27H22Cl2FN3O3/c1-27(36)7-8-32(15-27)24-12-17(3-5-21(24)28)20-14-18(30)13-19(25(20)34)16-4-6-23(22(29)11-16)33-10-9-31(2)26(33)35/h3-6,11-14,34,36H,7-8,15H2,1-2H3/t27-/m1/s1. The molecule has 0 radical (unpaired) electrons. The summed E-state index contributed by atoms with van der Waals surface area (Å²) in [5.41, 5.74) is 1.49. The molecule has 36 heavy (non-hydrogen) atoms. The minimum atomic E-state index is -0.820. The van der Waals surface area contributed by atoms with Gasteiger partial charge in [0.15, 0.2) is 0 Å². The van der Waals surface area contributed by atoms with Crippen molar-refractivity contribution < 1.29 is 14.6 Å². The molecular formula is C27H22Cl2FN3O3. The Morgan fingerprint density at radius 3 is 2.22 bits per heavy atom. The van der Waals surface area contributed by atoms with E-state index >= 15 is 0 Å². The average Bonchev–Trinajstić information content (AvgIpc) is 3.36. The summed E-state index contributed by atoms with van der Waals surface area (Å²) < 4.78 is 17.3. The maximum absolute atomic E-state index is 14.8. The molecule has 1 aliphatic heterocycles. The van der Waals surface area contributed by atoms with Gasteiger partial charge in [-0.15, -0.1) is 0 Å². The minimum Gasteiger partial charge on any atom is -0.507 e. The van der Waals surface area contributed by atoms with E-state index in [0.29, 0.717) is 47.0 Å². The van der Waals surface area contributed by atoms with Gasteiger partial charge in [0.05, 0.1) is 27.0 Å². The minimum absolute atomic E-state index is 0.126. The molecule has 9 heteroatoms. The van der Waals surface area contributed by atoms with Crippen LogP contribution in [-0.4, -0.2) is 38.0 Å². The van der Waals surface area contributed by atoms with Gasteiger partial charge in [0.25, 0.3) is 0 Å². The highest BCUT2D eigenvalue weighted by molar-refractivity contribution is 6.33. The number of nitrogens with zero attached hydrogens (tertiary/aromatic N) is 3. The normalized spacial score (nSPS) is 17.4. The molecule has 0 amide bonds. The maximum atomic E-state index is 14.8. The molecule has 1 fully saturated rings. The van der Waals surface area contributed by atoms with Crippen LogP contribution in [0.1, 0.15) is 13.3 Å². The zero-order chi connectivity index (χ0) is 25.8. The monoisotopic (exact) mass is 525 g/mol. The number of halogens is 3. The zero-order valence-corrected chi connectivity index (χ0v) is 21.0. The molecular weight excluding hydrogens is 504 g/mol. The van der Waals surface area contributed by atoms with Crippen molar-refractivity contribution in [3.63, 3.8) is 0 Å². The number of anilines is 1. The first-order valence-electron chi connectivity index (χ1n) is 11.2. The molecule has 1 saturated heterocycles. The number of phenols is 1. The van der Waals surface area contributed by atoms with Crippen molar-refractivity contribution in [2.75, 3.05) is 18.0 Å². The Morgan fingerprint density at radius 2 is 1.64 bits per heavy atom. The summed E-state index contributed by atoms with van der Waals surface area (Å²) in [7, 11) is 1.55. The molecule has 6 nitrogen and oxygen atoms in total. The average molecular weight is 526 g/mol. The van der Waals surface area contributed by atoms with Crippen LogP contribution in [0.5, 0.6) is 5.75 Å². The van der Waals surface area contributed by atoms with E-state index in [1.807, 2.05) is 4.90 Å². The number of aromatic nitrogens is 2. The maximum Gasteiger partial charge on any atom is 0.347 e. The molecule has 0 spiro atoms. The lowest BCUT2D eigenvalue weighted by molar-refractivity contribution is 0.0839. The van der Waals surface area contributed by atoms with Crippen LogP contribution in [0.3, 0.4) is 0 Å². The third-order valence-electron chi connectivity index (χ3n) is 6.43. The van der Waals surface area contributed by atoms with E-state index < -0.39 is 11.4 Å². The fourth-order valence-electron chi connectivity index (χ4n) is 4.50. The topological polar surface area (TPSA) is 70.6 Å². The Bertz CT molecular complexity index is 1540. The number of phenolic OH excluding ortho intramolecular Hbond substituents is 1. The van der Waals surface area contributed by atoms with Gasteiger partial charge in [0.2, 0.25) is 0 Å². The molecule has 4 aromatic rings. The van der Waals surface area contributed by atoms with Crippen LogP contribution < -0.4 is 10.6 Å². The van der Waals surface area contributed by atoms with Gasteiger partial charge < -0.3 is 15.1 Å². The summed E-state index contributed by atoms with van der Waals surface area (Å²) in [5.74, 6) is -0.667. The van der Waals surface area contributed by atoms with Gasteiger partial charge >= 0.3 is 5.69 Å². The van der Waals surface area contributed by atoms with Crippen molar-refractivity contribution in [3.8, 4) is 33.7 Å². The van der Waals surface area contributed by atoms with Crippen molar-refractivity contribution in [1.82, 2.24) is 9.13 Å². The van der Waals surface area contributed by atoms with E-state index in [-0.39, 0.29) is 27.6 Å². The van der Waals surface area contributed by atoms with Gasteiger partial charge in [0, 0.05) is 43.7 Å². The Labute approximate surface area is 217 Å². The quantitative estimate of drug-likeness (QED) is 0.383. The van der Waals surface area contributed by atoms with E-state index in [9.17, 15) is 19.4 Å². The summed E-state index contributed by atoms with van der Waals surface area (Å²) in [6.45, 7) is 2.82. The van der Waals surface area contributed by atoms with Crippen molar-refractivity contribution in [1.29, 1.82) is 0 Å². The highest BCUT2D eigenvalue weighted by Gasteiger charge is 2.32. The first-order chi connectivity index (χ1) is 17.0. The lowest BCUT2D eigenvalue weighted by Gasteiger charge is -2.23. The van der Waals surface area contributed by atoms with E-state index in [1.54, 1.807) is 50.4 Å². The molecule has 0 bridgehead atoms. The fourth-order valence-corrected chi connectivity index (χ4v) is 5.00. The molecule has 1 aromatic heterocycles. The lowest BCUT2D eigenvalue weighted by Crippen LogP contribution is -2.29. The second kappa shape index (κ2) is 8.90. The summed E-state index contributed by atoms with van der Waals surface area (Å²) in [6.07, 6.45) is 5.95. The molecule has 3 aromatic carbocycles. The Kier molecular flexibility index (Phi) is 6.00. The smallest absolute Gasteiger partial charge is 0.347 e. The fraction of sp³-hybridized carbons (Fsp3) is 0.222. The highest BCUT2D eigenvalue weighted by atomic mass is 35.5. The number of rotatable bonds is 4. The Morgan fingerprint density at radius 1 is 0.972 bits per heavy atom. The first-order valence-corrected chi connectivity index (χ1v) is 12.0. The van der Waals surface area contributed by atoms with Gasteiger partial charge in [-0.1, -0.05) is 35.3 Å². The molecule has 2 heterocycles. The third-order valence-corrected chi connectivity index (χ3v) is 7.05. The summed E-state index contributed by atoms with van der Waals surface area (Å²) in [4.78, 5) is 14.2. The number of aliphatic hydroxyl groups is 1. The molecule has 2 N–H and O–H groups in total. The van der Waals surface area contributed by atoms with Crippen LogP contribution in [0, 0.1) is 18.2 Å². The Hall–Kier alpha value is -3.44. The second-order valence-electron chi connectivity index (χ2n) is 9.25. The zero-order valence-electron chi connectivity index (χ0n) is 19.5. The second-order valence-corrected chi connectivity index (χ2v) is 10.1. The lowest BCUT2D eigenvalue weighted by atomic mass is 9.96. The number of β-amino-alcohol motifs (C(OH)–C–C–N with tert-alkyl or cyclic N) is 1. The molecule has 0 unspecified atom stereocenters. The van der Waals surface area contributed by atoms with Gasteiger partial charge in [-0.3, -0.25) is 4.57 Å². The molecule has 1 atom stereocenters. The van der Waals surface area contributed by atoms with Crippen LogP contribution >= 0.6 is 23.2 Å². The number of hydrogen-bond acceptors (Lipinski definition) is 4. The molecule has 184 valence electrons. The first kappa shape index (κ1) is 24.3. The largest absolute Gasteiger partial charge is 0.507 e. The van der Waals surface area contributed by atoms with Crippen molar-refractivity contribution >= 4 is 28.9 Å². The summed E-state index contributed by atoms with van der Waals surface area (Å²) in [6, 6.07) is 12.5. The van der Waals surface area contributed by atoms with E-state index in [2.05, 4.69) is 12.4 Å². The summed E-state index contributed by atoms with van der Waals surface area (Å²) in [5, 5.41) is 22.3. The molecule has 0 saturated carbocycles. The molecule has 1 aliphatic rings. The van der Waals surface area contributed by atoms with Gasteiger partial charge in [-0.05, 0) is 60.9 Å². The third kappa shape index (κ3) is 4.33. The van der Waals surface area contributed by atoms with Crippen LogP contribution in [0.15, 0.2) is 53.3 Å². The van der Waals surface area contributed by atoms with Crippen molar-refractivity contribution in [3.05, 3.63) is 87.3 Å². The molecule has 5 rings (SSSR count). The van der Waals surface area contributed by atoms with Crippen molar-refractivity contribution in [2.24, 2.45) is 7.05 Å². The predicted molar refractivity (Wildman–Crippen MR) is 139 cm³/mol. The predicted octanol–water partition coefficient (Wildman–Crippen LogP) is 5.22. The number of aromatic hydroxyl groups is 1. The van der Waals surface area contributed by atoms with Crippen LogP contribution in [0.4, 0.5) is 10.1 Å². The van der Waals surface area contributed by atoms with E-state index in [1.165, 1.54) is 21.3 Å². The Balaban J connectivity index is 1.56. The number of benzene rings is 3. The van der Waals surface area contributed by atoms with Crippen molar-refractivity contribution in [2.45, 2.75) is 18.9 Å². The van der Waals surface area contributed by atoms with Gasteiger partial charge in [-0.25, -0.2) is 13.8 Å². The SMILES string of the molecule is Cn1c#cn(-c2ccc(-c3cc(F)cc(-c4ccc(Cl)c(N5CC[C@@](C)(O)C5)c4)c3O)cc2Cl)c1=O. The summed E-state index contributed by atoms with van der Waals surface area (Å²) >= 11 is 12.9. The van der Waals surface area contributed by atoms with Crippen LogP contribution in [0.25, 0.3) is 27.9 Å². The van der Waals surface area contributed by atoms with Crippen LogP contribution in [-0.2, 0) is 7.05 Å². The van der Waals surface area contributed by atoms with E-state index in [4.69, 9.17) is 23.2 Å². The number of hydrogen-bond donors (Lipinski definition) is 2. The van der Waals surface area contributed by atoms with Gasteiger partial charge in [0.1, 0.15) is 11.6 Å². The van der Waals surface area contributed by atoms with Gasteiger partial charge in [-0.2, -0.15) is 0 Å². The van der Waals surface area contributed by atoms with Crippen LogP contribution in [0.2, 0.25) is 10.0 Å². The highest BCUT2D eigenvalue weighted by Crippen LogP contribution is 2.42. The molecule has 0 aliphatic carbocycles. The van der Waals surface area contributed by atoms with E-state index in [0.717, 1.165) is 0 Å².